The SMILES string of the molecule is C=C(C)C1CCC(C(C)Cl)CC1. The van der Waals surface area contributed by atoms with Gasteiger partial charge in [0.25, 0.3) is 0 Å². The van der Waals surface area contributed by atoms with Crippen molar-refractivity contribution in [2.24, 2.45) is 11.8 Å². The predicted octanol–water partition coefficient (Wildman–Crippen LogP) is 4.00. The van der Waals surface area contributed by atoms with Crippen LogP contribution in [0.15, 0.2) is 12.2 Å². The Kier molecular flexibility index (Phi) is 3.64. The minimum atomic E-state index is 0.357. The predicted molar refractivity (Wildman–Crippen MR) is 55.6 cm³/mol. The van der Waals surface area contributed by atoms with E-state index in [1.807, 2.05) is 0 Å². The molecular formula is C11H19Cl. The van der Waals surface area contributed by atoms with Crippen molar-refractivity contribution in [3.63, 3.8) is 0 Å². The van der Waals surface area contributed by atoms with E-state index in [1.54, 1.807) is 0 Å². The first-order valence-electron chi connectivity index (χ1n) is 4.90. The highest BCUT2D eigenvalue weighted by Crippen LogP contribution is 2.35. The molecule has 12 heavy (non-hydrogen) atoms. The Morgan fingerprint density at radius 1 is 1.33 bits per heavy atom. The molecule has 1 rings (SSSR count). The highest BCUT2D eigenvalue weighted by Gasteiger charge is 2.24. The summed E-state index contributed by atoms with van der Waals surface area (Å²) in [6.45, 7) is 8.28. The van der Waals surface area contributed by atoms with Crippen LogP contribution < -0.4 is 0 Å². The molecule has 0 spiro atoms. The van der Waals surface area contributed by atoms with Gasteiger partial charge in [-0.3, -0.25) is 0 Å². The molecule has 70 valence electrons. The van der Waals surface area contributed by atoms with E-state index in [9.17, 15) is 0 Å². The van der Waals surface area contributed by atoms with Crippen molar-refractivity contribution in [3.05, 3.63) is 12.2 Å². The zero-order valence-electron chi connectivity index (χ0n) is 8.15. The standard InChI is InChI=1S/C11H19Cl/c1-8(2)10-4-6-11(7-5-10)9(3)12/h9-11H,1,4-7H2,2-3H3. The summed E-state index contributed by atoms with van der Waals surface area (Å²) in [6, 6.07) is 0. The van der Waals surface area contributed by atoms with Crippen molar-refractivity contribution in [1.82, 2.24) is 0 Å². The molecule has 1 aliphatic rings. The van der Waals surface area contributed by atoms with E-state index in [-0.39, 0.29) is 0 Å². The second-order valence-corrected chi connectivity index (χ2v) is 4.82. The first-order valence-corrected chi connectivity index (χ1v) is 5.34. The van der Waals surface area contributed by atoms with Crippen molar-refractivity contribution >= 4 is 11.6 Å². The van der Waals surface area contributed by atoms with Crippen LogP contribution in [0.5, 0.6) is 0 Å². The molecule has 1 atom stereocenters. The number of hydrogen-bond donors (Lipinski definition) is 0. The van der Waals surface area contributed by atoms with E-state index in [4.69, 9.17) is 11.6 Å². The molecule has 0 heterocycles. The van der Waals surface area contributed by atoms with Gasteiger partial charge in [-0.25, -0.2) is 0 Å². The average molecular weight is 187 g/mol. The van der Waals surface area contributed by atoms with Gasteiger partial charge in [0, 0.05) is 5.38 Å². The number of rotatable bonds is 2. The molecule has 1 aliphatic carbocycles. The second-order valence-electron chi connectivity index (χ2n) is 4.14. The molecule has 0 nitrogen and oxygen atoms in total. The Morgan fingerprint density at radius 2 is 1.83 bits per heavy atom. The van der Waals surface area contributed by atoms with E-state index >= 15 is 0 Å². The molecule has 0 N–H and O–H groups in total. The number of alkyl halides is 1. The Bertz CT molecular complexity index is 152. The topological polar surface area (TPSA) is 0 Å². The highest BCUT2D eigenvalue weighted by atomic mass is 35.5. The highest BCUT2D eigenvalue weighted by molar-refractivity contribution is 6.20. The van der Waals surface area contributed by atoms with Gasteiger partial charge in [-0.05, 0) is 51.4 Å². The lowest BCUT2D eigenvalue weighted by molar-refractivity contribution is 0.299. The second kappa shape index (κ2) is 4.32. The molecule has 1 heteroatoms. The summed E-state index contributed by atoms with van der Waals surface area (Å²) in [5, 5.41) is 0.357. The van der Waals surface area contributed by atoms with Gasteiger partial charge in [-0.2, -0.15) is 0 Å². The van der Waals surface area contributed by atoms with Gasteiger partial charge >= 0.3 is 0 Å². The lowest BCUT2D eigenvalue weighted by Crippen LogP contribution is -2.20. The third-order valence-corrected chi connectivity index (χ3v) is 3.47. The quantitative estimate of drug-likeness (QED) is 0.452. The summed E-state index contributed by atoms with van der Waals surface area (Å²) in [5.41, 5.74) is 1.36. The van der Waals surface area contributed by atoms with Crippen molar-refractivity contribution in [2.75, 3.05) is 0 Å². The summed E-state index contributed by atoms with van der Waals surface area (Å²) in [5.74, 6) is 1.53. The summed E-state index contributed by atoms with van der Waals surface area (Å²) in [4.78, 5) is 0. The fraction of sp³-hybridized carbons (Fsp3) is 0.818. The molecule has 0 aromatic carbocycles. The van der Waals surface area contributed by atoms with Crippen LogP contribution >= 0.6 is 11.6 Å². The zero-order chi connectivity index (χ0) is 9.14. The maximum Gasteiger partial charge on any atom is 0.0336 e. The van der Waals surface area contributed by atoms with Crippen LogP contribution in [0, 0.1) is 11.8 Å². The third kappa shape index (κ3) is 2.52. The van der Waals surface area contributed by atoms with Crippen molar-refractivity contribution < 1.29 is 0 Å². The summed E-state index contributed by atoms with van der Waals surface area (Å²) >= 11 is 6.06. The van der Waals surface area contributed by atoms with Gasteiger partial charge < -0.3 is 0 Å². The van der Waals surface area contributed by atoms with Gasteiger partial charge in [-0.1, -0.05) is 12.2 Å². The maximum atomic E-state index is 6.06. The first kappa shape index (κ1) is 10.1. The first-order chi connectivity index (χ1) is 5.61. The number of hydrogen-bond acceptors (Lipinski definition) is 0. The monoisotopic (exact) mass is 186 g/mol. The summed E-state index contributed by atoms with van der Waals surface area (Å²) in [6.07, 6.45) is 5.19. The van der Waals surface area contributed by atoms with Gasteiger partial charge in [-0.15, -0.1) is 11.6 Å². The van der Waals surface area contributed by atoms with E-state index in [0.717, 1.165) is 11.8 Å². The van der Waals surface area contributed by atoms with E-state index in [2.05, 4.69) is 20.4 Å². The van der Waals surface area contributed by atoms with E-state index < -0.39 is 0 Å². The molecule has 0 aromatic rings. The van der Waals surface area contributed by atoms with Crippen molar-refractivity contribution in [1.29, 1.82) is 0 Å². The van der Waals surface area contributed by atoms with Crippen LogP contribution in [0.2, 0.25) is 0 Å². The largest absolute Gasteiger partial charge is 0.123 e. The third-order valence-electron chi connectivity index (χ3n) is 3.12. The molecule has 1 unspecified atom stereocenters. The molecule has 0 aromatic heterocycles. The van der Waals surface area contributed by atoms with Crippen molar-refractivity contribution in [2.45, 2.75) is 44.9 Å². The Labute approximate surface area is 81.0 Å². The fourth-order valence-electron chi connectivity index (χ4n) is 2.07. The molecule has 0 radical (unpaired) electrons. The van der Waals surface area contributed by atoms with Crippen LogP contribution in [0.1, 0.15) is 39.5 Å². The Balaban J connectivity index is 2.34. The van der Waals surface area contributed by atoms with Crippen LogP contribution in [-0.2, 0) is 0 Å². The molecule has 0 saturated heterocycles. The normalized spacial score (nSPS) is 32.9. The molecular weight excluding hydrogens is 168 g/mol. The maximum absolute atomic E-state index is 6.06. The smallest absolute Gasteiger partial charge is 0.0336 e. The lowest BCUT2D eigenvalue weighted by atomic mass is 9.78. The molecule has 0 bridgehead atoms. The lowest BCUT2D eigenvalue weighted by Gasteiger charge is -2.30. The average Bonchev–Trinajstić information content (AvgIpc) is 2.04. The Morgan fingerprint density at radius 3 is 2.17 bits per heavy atom. The zero-order valence-corrected chi connectivity index (χ0v) is 8.90. The Hall–Kier alpha value is 0.0300. The van der Waals surface area contributed by atoms with Crippen molar-refractivity contribution in [3.8, 4) is 0 Å². The molecule has 0 amide bonds. The fourth-order valence-corrected chi connectivity index (χ4v) is 2.32. The molecule has 1 saturated carbocycles. The van der Waals surface area contributed by atoms with Gasteiger partial charge in [0.05, 0.1) is 0 Å². The molecule has 1 fully saturated rings. The van der Waals surface area contributed by atoms with Gasteiger partial charge in [0.15, 0.2) is 0 Å². The number of halogens is 1. The van der Waals surface area contributed by atoms with Crippen LogP contribution in [0.25, 0.3) is 0 Å². The van der Waals surface area contributed by atoms with Crippen LogP contribution in [-0.4, -0.2) is 5.38 Å². The van der Waals surface area contributed by atoms with E-state index in [0.29, 0.717) is 5.38 Å². The van der Waals surface area contributed by atoms with E-state index in [1.165, 1.54) is 31.3 Å². The summed E-state index contributed by atoms with van der Waals surface area (Å²) < 4.78 is 0. The summed E-state index contributed by atoms with van der Waals surface area (Å²) in [7, 11) is 0. The minimum absolute atomic E-state index is 0.357. The van der Waals surface area contributed by atoms with Crippen LogP contribution in [0.3, 0.4) is 0 Å². The van der Waals surface area contributed by atoms with Gasteiger partial charge in [0.2, 0.25) is 0 Å². The van der Waals surface area contributed by atoms with Gasteiger partial charge in [0.1, 0.15) is 0 Å². The van der Waals surface area contributed by atoms with Crippen LogP contribution in [0.4, 0.5) is 0 Å². The minimum Gasteiger partial charge on any atom is -0.123 e. The molecule has 0 aliphatic heterocycles. The number of allylic oxidation sites excluding steroid dienone is 1.